The molecular weight excluding hydrogens is 230 g/mol. The van der Waals surface area contributed by atoms with E-state index in [1.54, 1.807) is 0 Å². The zero-order valence-electron chi connectivity index (χ0n) is 10.2. The number of nitrogens with zero attached hydrogens (tertiary/aromatic N) is 1. The van der Waals surface area contributed by atoms with Crippen LogP contribution in [0.2, 0.25) is 0 Å². The van der Waals surface area contributed by atoms with E-state index < -0.39 is 0 Å². The van der Waals surface area contributed by atoms with Crippen molar-refractivity contribution in [2.24, 2.45) is 16.8 Å². The topological polar surface area (TPSA) is 90.9 Å². The van der Waals surface area contributed by atoms with Gasteiger partial charge in [-0.3, -0.25) is 0 Å². The van der Waals surface area contributed by atoms with E-state index in [0.29, 0.717) is 24.6 Å². The van der Waals surface area contributed by atoms with Crippen molar-refractivity contribution in [3.05, 3.63) is 35.4 Å². The highest BCUT2D eigenvalue weighted by Gasteiger charge is 2.28. The predicted molar refractivity (Wildman–Crippen MR) is 69.4 cm³/mol. The Morgan fingerprint density at radius 1 is 1.39 bits per heavy atom. The van der Waals surface area contributed by atoms with Crippen LogP contribution in [0.1, 0.15) is 24.0 Å². The monoisotopic (exact) mass is 249 g/mol. The van der Waals surface area contributed by atoms with Gasteiger partial charge >= 0.3 is 0 Å². The van der Waals surface area contributed by atoms with Gasteiger partial charge in [-0.25, -0.2) is 0 Å². The average Bonchev–Trinajstić information content (AvgIpc) is 3.23. The fraction of sp³-hybridized carbons (Fsp3) is 0.462. The minimum atomic E-state index is -0.221. The van der Waals surface area contributed by atoms with Crippen LogP contribution in [0, 0.1) is 5.92 Å². The highest BCUT2D eigenvalue weighted by atomic mass is 16.4. The molecule has 1 fully saturated rings. The van der Waals surface area contributed by atoms with Gasteiger partial charge in [-0.2, -0.15) is 0 Å². The summed E-state index contributed by atoms with van der Waals surface area (Å²) in [6, 6.07) is 7.46. The summed E-state index contributed by atoms with van der Waals surface area (Å²) in [6.07, 6.45) is 2.08. The molecule has 0 aromatic heterocycles. The quantitative estimate of drug-likeness (QED) is 0.258. The minimum Gasteiger partial charge on any atom is -0.409 e. The van der Waals surface area contributed by atoms with Crippen LogP contribution in [-0.2, 0) is 6.54 Å². The lowest BCUT2D eigenvalue weighted by molar-refractivity contribution is 0.148. The predicted octanol–water partition coefficient (Wildman–Crippen LogP) is 0.642. The maximum absolute atomic E-state index is 9.69. The van der Waals surface area contributed by atoms with Gasteiger partial charge in [0.1, 0.15) is 0 Å². The molecule has 18 heavy (non-hydrogen) atoms. The molecule has 1 unspecified atom stereocenters. The first kappa shape index (κ1) is 12.9. The van der Waals surface area contributed by atoms with Gasteiger partial charge in [0.15, 0.2) is 5.84 Å². The van der Waals surface area contributed by atoms with Crippen molar-refractivity contribution in [1.29, 1.82) is 0 Å². The van der Waals surface area contributed by atoms with Crippen LogP contribution < -0.4 is 11.1 Å². The summed E-state index contributed by atoms with van der Waals surface area (Å²) in [4.78, 5) is 0. The first-order valence-corrected chi connectivity index (χ1v) is 6.16. The number of rotatable bonds is 6. The van der Waals surface area contributed by atoms with Crippen LogP contribution in [0.15, 0.2) is 29.4 Å². The normalized spacial score (nSPS) is 17.7. The molecule has 1 saturated carbocycles. The molecule has 98 valence electrons. The maximum atomic E-state index is 9.69. The highest BCUT2D eigenvalue weighted by Crippen LogP contribution is 2.32. The molecule has 1 aromatic rings. The molecule has 1 aromatic carbocycles. The van der Waals surface area contributed by atoms with Gasteiger partial charge in [0.05, 0.1) is 6.10 Å². The molecular formula is C13H19N3O2. The number of amidine groups is 1. The van der Waals surface area contributed by atoms with Gasteiger partial charge < -0.3 is 21.4 Å². The molecule has 1 atom stereocenters. The average molecular weight is 249 g/mol. The summed E-state index contributed by atoms with van der Waals surface area (Å²) >= 11 is 0. The Bertz CT molecular complexity index is 413. The SMILES string of the molecule is NC(=NO)c1ccc(CNCC(O)C2CC2)cc1. The largest absolute Gasteiger partial charge is 0.409 e. The van der Waals surface area contributed by atoms with Crippen molar-refractivity contribution >= 4 is 5.84 Å². The third-order valence-corrected chi connectivity index (χ3v) is 3.21. The van der Waals surface area contributed by atoms with E-state index in [4.69, 9.17) is 10.9 Å². The number of hydrogen-bond acceptors (Lipinski definition) is 4. The maximum Gasteiger partial charge on any atom is 0.170 e. The second-order valence-corrected chi connectivity index (χ2v) is 4.72. The summed E-state index contributed by atoms with van der Waals surface area (Å²) in [5, 5.41) is 24.4. The molecule has 5 heteroatoms. The molecule has 0 amide bonds. The lowest BCUT2D eigenvalue weighted by Crippen LogP contribution is -2.27. The molecule has 0 radical (unpaired) electrons. The number of nitrogens with one attached hydrogen (secondary N) is 1. The highest BCUT2D eigenvalue weighted by molar-refractivity contribution is 5.96. The summed E-state index contributed by atoms with van der Waals surface area (Å²) in [5.74, 6) is 0.610. The van der Waals surface area contributed by atoms with Gasteiger partial charge in [0, 0.05) is 18.7 Å². The minimum absolute atomic E-state index is 0.110. The van der Waals surface area contributed by atoms with Crippen LogP contribution >= 0.6 is 0 Å². The molecule has 5 N–H and O–H groups in total. The van der Waals surface area contributed by atoms with E-state index in [2.05, 4.69) is 10.5 Å². The zero-order valence-corrected chi connectivity index (χ0v) is 10.2. The number of hydrogen-bond donors (Lipinski definition) is 4. The van der Waals surface area contributed by atoms with Crippen LogP contribution in [-0.4, -0.2) is 28.8 Å². The first-order chi connectivity index (χ1) is 8.70. The van der Waals surface area contributed by atoms with E-state index in [9.17, 15) is 5.11 Å². The van der Waals surface area contributed by atoms with Crippen LogP contribution in [0.4, 0.5) is 0 Å². The smallest absolute Gasteiger partial charge is 0.170 e. The summed E-state index contributed by atoms with van der Waals surface area (Å²) in [5.41, 5.74) is 7.27. The lowest BCUT2D eigenvalue weighted by atomic mass is 10.1. The lowest BCUT2D eigenvalue weighted by Gasteiger charge is -2.10. The van der Waals surface area contributed by atoms with Gasteiger partial charge in [-0.05, 0) is 24.3 Å². The van der Waals surface area contributed by atoms with Crippen LogP contribution in [0.3, 0.4) is 0 Å². The number of aliphatic hydroxyl groups is 1. The third-order valence-electron chi connectivity index (χ3n) is 3.21. The Balaban J connectivity index is 1.79. The van der Waals surface area contributed by atoms with E-state index in [1.807, 2.05) is 24.3 Å². The molecule has 0 bridgehead atoms. The number of aliphatic hydroxyl groups excluding tert-OH is 1. The van der Waals surface area contributed by atoms with Crippen molar-refractivity contribution in [3.63, 3.8) is 0 Å². The summed E-state index contributed by atoms with van der Waals surface area (Å²) in [6.45, 7) is 1.34. The Hall–Kier alpha value is -1.59. The second-order valence-electron chi connectivity index (χ2n) is 4.72. The van der Waals surface area contributed by atoms with Crippen molar-refractivity contribution in [2.45, 2.75) is 25.5 Å². The van der Waals surface area contributed by atoms with Gasteiger partial charge in [-0.15, -0.1) is 0 Å². The van der Waals surface area contributed by atoms with Crippen molar-refractivity contribution in [2.75, 3.05) is 6.54 Å². The summed E-state index contributed by atoms with van der Waals surface area (Å²) in [7, 11) is 0. The van der Waals surface area contributed by atoms with Crippen LogP contribution in [0.5, 0.6) is 0 Å². The van der Waals surface area contributed by atoms with Crippen molar-refractivity contribution in [1.82, 2.24) is 5.32 Å². The molecule has 0 spiro atoms. The first-order valence-electron chi connectivity index (χ1n) is 6.16. The van der Waals surface area contributed by atoms with Crippen molar-refractivity contribution < 1.29 is 10.3 Å². The number of benzene rings is 1. The fourth-order valence-electron chi connectivity index (χ4n) is 1.86. The molecule has 5 nitrogen and oxygen atoms in total. The molecule has 0 heterocycles. The third kappa shape index (κ3) is 3.45. The number of nitrogens with two attached hydrogens (primary N) is 1. The fourth-order valence-corrected chi connectivity index (χ4v) is 1.86. The zero-order chi connectivity index (χ0) is 13.0. The van der Waals surface area contributed by atoms with Gasteiger partial charge in [-0.1, -0.05) is 29.4 Å². The van der Waals surface area contributed by atoms with E-state index in [0.717, 1.165) is 18.4 Å². The molecule has 2 rings (SSSR count). The van der Waals surface area contributed by atoms with E-state index >= 15 is 0 Å². The molecule has 1 aliphatic rings. The Morgan fingerprint density at radius 2 is 2.06 bits per heavy atom. The van der Waals surface area contributed by atoms with E-state index in [1.165, 1.54) is 0 Å². The molecule has 0 aliphatic heterocycles. The second kappa shape index (κ2) is 5.84. The Morgan fingerprint density at radius 3 is 2.61 bits per heavy atom. The Kier molecular flexibility index (Phi) is 4.17. The van der Waals surface area contributed by atoms with Gasteiger partial charge in [0.2, 0.25) is 0 Å². The molecule has 0 saturated heterocycles. The van der Waals surface area contributed by atoms with Crippen molar-refractivity contribution in [3.8, 4) is 0 Å². The summed E-state index contributed by atoms with van der Waals surface area (Å²) < 4.78 is 0. The number of oxime groups is 1. The van der Waals surface area contributed by atoms with E-state index in [-0.39, 0.29) is 11.9 Å². The standard InChI is InChI=1S/C13H19N3O2/c14-13(16-18)11-3-1-9(2-4-11)7-15-8-12(17)10-5-6-10/h1-4,10,12,15,17-18H,5-8H2,(H2,14,16). The van der Waals surface area contributed by atoms with Crippen LogP contribution in [0.25, 0.3) is 0 Å². The van der Waals surface area contributed by atoms with Gasteiger partial charge in [0.25, 0.3) is 0 Å². The molecule has 1 aliphatic carbocycles. The Labute approximate surface area is 106 Å².